The number of nitrogens with one attached hydrogen (secondary N) is 2. The average molecular weight is 478 g/mol. The third-order valence-corrected chi connectivity index (χ3v) is 6.64. The van der Waals surface area contributed by atoms with E-state index in [2.05, 4.69) is 20.5 Å². The summed E-state index contributed by atoms with van der Waals surface area (Å²) in [6.07, 6.45) is 1.90. The minimum absolute atomic E-state index is 0.00200. The number of thiazole rings is 1. The van der Waals surface area contributed by atoms with Gasteiger partial charge in [-0.2, -0.15) is 0 Å². The van der Waals surface area contributed by atoms with Crippen molar-refractivity contribution in [3.63, 3.8) is 0 Å². The summed E-state index contributed by atoms with van der Waals surface area (Å²) in [5.41, 5.74) is 1.19. The van der Waals surface area contributed by atoms with Crippen LogP contribution in [0.4, 0.5) is 5.13 Å². The zero-order valence-corrected chi connectivity index (χ0v) is 19.3. The highest BCUT2D eigenvalue weighted by Gasteiger charge is 2.20. The van der Waals surface area contributed by atoms with E-state index in [1.54, 1.807) is 20.3 Å². The van der Waals surface area contributed by atoms with Gasteiger partial charge in [0.25, 0.3) is 0 Å². The van der Waals surface area contributed by atoms with Crippen LogP contribution in [-0.2, 0) is 16.1 Å². The number of benzene rings is 1. The van der Waals surface area contributed by atoms with Crippen LogP contribution < -0.4 is 20.5 Å². The molecule has 10 nitrogen and oxygen atoms in total. The maximum atomic E-state index is 12.4. The minimum atomic E-state index is -0.304. The van der Waals surface area contributed by atoms with Crippen molar-refractivity contribution in [3.05, 3.63) is 34.1 Å². The molecular weight excluding hydrogens is 454 g/mol. The minimum Gasteiger partial charge on any atom is -0.497 e. The first-order valence-electron chi connectivity index (χ1n) is 9.94. The third-order valence-electron chi connectivity index (χ3n) is 4.90. The number of methoxy groups -OCH3 is 2. The number of amides is 1. The van der Waals surface area contributed by atoms with Gasteiger partial charge in [-0.05, 0) is 25.0 Å². The van der Waals surface area contributed by atoms with Gasteiger partial charge in [0.1, 0.15) is 11.5 Å². The van der Waals surface area contributed by atoms with Crippen LogP contribution in [0.3, 0.4) is 0 Å². The van der Waals surface area contributed by atoms with Crippen LogP contribution in [0, 0.1) is 0 Å². The van der Waals surface area contributed by atoms with Gasteiger partial charge in [0.05, 0.1) is 38.3 Å². The fourth-order valence-electron chi connectivity index (χ4n) is 3.32. The summed E-state index contributed by atoms with van der Waals surface area (Å²) in [5, 5.41) is 12.0. The van der Waals surface area contributed by atoms with E-state index in [1.807, 2.05) is 17.5 Å². The Balaban J connectivity index is 1.37. The molecule has 2 aromatic heterocycles. The highest BCUT2D eigenvalue weighted by molar-refractivity contribution is 7.99. The lowest BCUT2D eigenvalue weighted by atomic mass is 10.1. The standard InChI is InChI=1S/C20H23N5O5S2/c1-28-12-5-6-14(16(8-12)29-2)15-10-31-18(21-15)22-17(26)11-32-20-24-23-19(27)25(20)9-13-4-3-7-30-13/h5-6,8,10,13H,3-4,7,9,11H2,1-2H3,(H,23,27)(H,21,22,26). The van der Waals surface area contributed by atoms with Crippen molar-refractivity contribution in [2.75, 3.05) is 31.9 Å². The van der Waals surface area contributed by atoms with Crippen LogP contribution >= 0.6 is 23.1 Å². The van der Waals surface area contributed by atoms with Crippen molar-refractivity contribution in [2.45, 2.75) is 30.6 Å². The Morgan fingerprint density at radius 2 is 2.28 bits per heavy atom. The SMILES string of the molecule is COc1ccc(-c2csc(NC(=O)CSc3n[nH]c(=O)n3CC3CCCO3)n2)c(OC)c1. The van der Waals surface area contributed by atoms with Crippen molar-refractivity contribution in [3.8, 4) is 22.8 Å². The van der Waals surface area contributed by atoms with Crippen LogP contribution in [0.1, 0.15) is 12.8 Å². The Labute approximate surface area is 192 Å². The normalized spacial score (nSPS) is 15.6. The molecule has 1 unspecified atom stereocenters. The van der Waals surface area contributed by atoms with Crippen molar-refractivity contribution < 1.29 is 19.0 Å². The number of hydrogen-bond acceptors (Lipinski definition) is 9. The lowest BCUT2D eigenvalue weighted by Gasteiger charge is -2.10. The summed E-state index contributed by atoms with van der Waals surface area (Å²) in [5.74, 6) is 1.17. The monoisotopic (exact) mass is 477 g/mol. The van der Waals surface area contributed by atoms with Crippen molar-refractivity contribution in [1.29, 1.82) is 0 Å². The molecule has 3 aromatic rings. The van der Waals surface area contributed by atoms with Crippen molar-refractivity contribution in [1.82, 2.24) is 19.7 Å². The summed E-state index contributed by atoms with van der Waals surface area (Å²) >= 11 is 2.51. The van der Waals surface area contributed by atoms with Gasteiger partial charge in [-0.25, -0.2) is 14.9 Å². The number of carbonyl (C=O) groups is 1. The zero-order chi connectivity index (χ0) is 22.5. The molecule has 1 aliphatic rings. The van der Waals surface area contributed by atoms with Crippen molar-refractivity contribution in [2.24, 2.45) is 0 Å². The molecule has 0 radical (unpaired) electrons. The lowest BCUT2D eigenvalue weighted by Crippen LogP contribution is -2.25. The second-order valence-electron chi connectivity index (χ2n) is 7.00. The first-order chi connectivity index (χ1) is 15.6. The molecule has 1 saturated heterocycles. The third kappa shape index (κ3) is 5.14. The Morgan fingerprint density at radius 1 is 1.41 bits per heavy atom. The molecule has 0 bridgehead atoms. The average Bonchev–Trinajstić information content (AvgIpc) is 3.55. The molecule has 1 fully saturated rings. The summed E-state index contributed by atoms with van der Waals surface area (Å²) in [6, 6.07) is 5.47. The molecule has 3 heterocycles. The van der Waals surface area contributed by atoms with Gasteiger partial charge in [-0.3, -0.25) is 9.36 Å². The number of aromatic amines is 1. The zero-order valence-electron chi connectivity index (χ0n) is 17.6. The Kier molecular flexibility index (Phi) is 7.12. The summed E-state index contributed by atoms with van der Waals surface area (Å²) < 4.78 is 17.8. The number of nitrogens with zero attached hydrogens (tertiary/aromatic N) is 3. The van der Waals surface area contributed by atoms with Gasteiger partial charge in [0.2, 0.25) is 5.91 Å². The predicted molar refractivity (Wildman–Crippen MR) is 122 cm³/mol. The number of H-pyrrole nitrogens is 1. The molecule has 170 valence electrons. The number of hydrogen-bond donors (Lipinski definition) is 2. The van der Waals surface area contributed by atoms with E-state index in [0.717, 1.165) is 18.4 Å². The molecule has 1 aliphatic heterocycles. The maximum absolute atomic E-state index is 12.4. The number of rotatable bonds is 9. The number of carbonyl (C=O) groups excluding carboxylic acids is 1. The topological polar surface area (TPSA) is 120 Å². The Hall–Kier alpha value is -2.83. The second-order valence-corrected chi connectivity index (χ2v) is 8.80. The number of thioether (sulfide) groups is 1. The number of ether oxygens (including phenoxy) is 3. The molecule has 1 atom stereocenters. The molecular formula is C20H23N5O5S2. The van der Waals surface area contributed by atoms with Gasteiger partial charge < -0.3 is 19.5 Å². The summed E-state index contributed by atoms with van der Waals surface area (Å²) in [6.45, 7) is 1.14. The molecule has 0 spiro atoms. The highest BCUT2D eigenvalue weighted by atomic mass is 32.2. The van der Waals surface area contributed by atoms with Gasteiger partial charge >= 0.3 is 5.69 Å². The van der Waals surface area contributed by atoms with Gasteiger partial charge in [-0.1, -0.05) is 11.8 Å². The Morgan fingerprint density at radius 3 is 3.03 bits per heavy atom. The van der Waals surface area contributed by atoms with Crippen LogP contribution in [0.25, 0.3) is 11.3 Å². The molecule has 0 saturated carbocycles. The van der Waals surface area contributed by atoms with E-state index in [-0.39, 0.29) is 23.5 Å². The molecule has 0 aliphatic carbocycles. The number of aromatic nitrogens is 4. The van der Waals surface area contributed by atoms with Crippen molar-refractivity contribution >= 4 is 34.1 Å². The highest BCUT2D eigenvalue weighted by Crippen LogP contribution is 2.34. The van der Waals surface area contributed by atoms with Crippen LogP contribution in [0.5, 0.6) is 11.5 Å². The molecule has 1 aromatic carbocycles. The first-order valence-corrected chi connectivity index (χ1v) is 11.8. The van der Waals surface area contributed by atoms with E-state index in [4.69, 9.17) is 14.2 Å². The lowest BCUT2D eigenvalue weighted by molar-refractivity contribution is -0.113. The molecule has 4 rings (SSSR count). The van der Waals surface area contributed by atoms with E-state index in [1.165, 1.54) is 27.7 Å². The van der Waals surface area contributed by atoms with E-state index < -0.39 is 0 Å². The van der Waals surface area contributed by atoms with Crippen LogP contribution in [0.2, 0.25) is 0 Å². The quantitative estimate of drug-likeness (QED) is 0.451. The van der Waals surface area contributed by atoms with Gasteiger partial charge in [-0.15, -0.1) is 16.4 Å². The molecule has 2 N–H and O–H groups in total. The van der Waals surface area contributed by atoms with E-state index >= 15 is 0 Å². The van der Waals surface area contributed by atoms with E-state index in [9.17, 15) is 9.59 Å². The smallest absolute Gasteiger partial charge is 0.344 e. The fourth-order valence-corrected chi connectivity index (χ4v) is 4.80. The predicted octanol–water partition coefficient (Wildman–Crippen LogP) is 2.62. The summed E-state index contributed by atoms with van der Waals surface area (Å²) in [7, 11) is 3.17. The first kappa shape index (κ1) is 22.4. The van der Waals surface area contributed by atoms with Crippen LogP contribution in [-0.4, -0.2) is 58.3 Å². The maximum Gasteiger partial charge on any atom is 0.344 e. The second kappa shape index (κ2) is 10.2. The van der Waals surface area contributed by atoms with Gasteiger partial charge in [0, 0.05) is 23.6 Å². The molecule has 32 heavy (non-hydrogen) atoms. The molecule has 12 heteroatoms. The molecule has 1 amide bonds. The number of anilines is 1. The summed E-state index contributed by atoms with van der Waals surface area (Å²) in [4.78, 5) is 29.0. The largest absolute Gasteiger partial charge is 0.497 e. The van der Waals surface area contributed by atoms with E-state index in [0.29, 0.717) is 40.6 Å². The fraction of sp³-hybridized carbons (Fsp3) is 0.400. The van der Waals surface area contributed by atoms with Gasteiger partial charge in [0.15, 0.2) is 10.3 Å². The Bertz CT molecular complexity index is 1140. The van der Waals surface area contributed by atoms with Crippen LogP contribution in [0.15, 0.2) is 33.5 Å².